The Morgan fingerprint density at radius 2 is 0.605 bits per heavy atom. The Hall–Kier alpha value is -1.94. The second-order valence-electron chi connectivity index (χ2n) is 21.6. The summed E-state index contributed by atoms with van der Waals surface area (Å²) < 4.78 is 67.3. The van der Waals surface area contributed by atoms with Crippen LogP contribution in [-0.2, 0) is 65.4 Å². The topological polar surface area (TPSA) is 237 Å². The van der Waals surface area contributed by atoms with Crippen LogP contribution in [0.25, 0.3) is 0 Å². The van der Waals surface area contributed by atoms with E-state index in [1.807, 2.05) is 0 Å². The Labute approximate surface area is 460 Å². The number of phosphoric ester groups is 2. The molecule has 0 aliphatic heterocycles. The van der Waals surface area contributed by atoms with Crippen molar-refractivity contribution >= 4 is 39.5 Å². The molecule has 0 heterocycles. The first-order valence-electron chi connectivity index (χ1n) is 30.0. The molecule has 17 nitrogen and oxygen atoms in total. The molecule has 0 saturated carbocycles. The molecule has 0 aromatic rings. The number of esters is 4. The third kappa shape index (κ3) is 51.5. The van der Waals surface area contributed by atoms with E-state index < -0.39 is 97.5 Å². The van der Waals surface area contributed by atoms with E-state index in [1.54, 1.807) is 0 Å². The molecule has 0 aliphatic rings. The van der Waals surface area contributed by atoms with Gasteiger partial charge in [-0.2, -0.15) is 0 Å². The molecule has 76 heavy (non-hydrogen) atoms. The number of carbonyl (C=O) groups is 4. The van der Waals surface area contributed by atoms with Gasteiger partial charge in [0.2, 0.25) is 0 Å². The zero-order valence-corrected chi connectivity index (χ0v) is 50.3. The van der Waals surface area contributed by atoms with E-state index >= 15 is 0 Å². The summed E-state index contributed by atoms with van der Waals surface area (Å²) in [5.41, 5.74) is 0. The lowest BCUT2D eigenvalue weighted by molar-refractivity contribution is -0.161. The summed E-state index contributed by atoms with van der Waals surface area (Å²) >= 11 is 0. The minimum atomic E-state index is -4.93. The maximum Gasteiger partial charge on any atom is 0.472 e. The highest BCUT2D eigenvalue weighted by Gasteiger charge is 2.30. The number of aliphatic hydroxyl groups excluding tert-OH is 1. The van der Waals surface area contributed by atoms with Crippen LogP contribution in [0.4, 0.5) is 0 Å². The Bertz CT molecular complexity index is 1510. The third-order valence-corrected chi connectivity index (χ3v) is 14.9. The van der Waals surface area contributed by atoms with Crippen LogP contribution >= 0.6 is 15.6 Å². The van der Waals surface area contributed by atoms with Crippen molar-refractivity contribution in [1.82, 2.24) is 0 Å². The van der Waals surface area contributed by atoms with E-state index in [9.17, 15) is 43.2 Å². The van der Waals surface area contributed by atoms with E-state index in [4.69, 9.17) is 37.0 Å². The predicted molar refractivity (Wildman–Crippen MR) is 298 cm³/mol. The molecule has 0 fully saturated rings. The van der Waals surface area contributed by atoms with Crippen LogP contribution in [0.2, 0.25) is 0 Å². The van der Waals surface area contributed by atoms with E-state index in [0.29, 0.717) is 25.7 Å². The highest BCUT2D eigenvalue weighted by atomic mass is 31.2. The molecule has 19 heteroatoms. The molecule has 0 radical (unpaired) electrons. The molecule has 0 aromatic carbocycles. The number of phosphoric acid groups is 2. The van der Waals surface area contributed by atoms with Crippen LogP contribution in [0.5, 0.6) is 0 Å². The number of aliphatic hydroxyl groups is 1. The standard InChI is InChI=1S/C57H110O17P2/c1-7-9-11-25-33-39-54(59)67-45-52(73-56(61)41-35-26-12-10-8-2)47-71-75(63,64)69-43-51(58)44-70-76(65,66)72-48-53(46-68-55(60)40-34-29-23-20-16-18-22-28-32-38-50(5)6)74-57(62)42-36-30-24-19-15-13-14-17-21-27-31-37-49(3)4/h49-53,58H,7-48H2,1-6H3,(H,63,64)(H,65,66)/t51-,52+,53+/m0/s1. The number of carbonyl (C=O) groups excluding carboxylic acids is 4. The summed E-state index contributed by atoms with van der Waals surface area (Å²) in [6.07, 6.45) is 30.1. The molecular weight excluding hydrogens is 1020 g/mol. The molecule has 0 amide bonds. The molecule has 0 aliphatic carbocycles. The molecule has 5 atom stereocenters. The lowest BCUT2D eigenvalue weighted by Crippen LogP contribution is -2.30. The number of rotatable bonds is 56. The normalized spacial score (nSPS) is 14.5. The van der Waals surface area contributed by atoms with E-state index in [0.717, 1.165) is 108 Å². The van der Waals surface area contributed by atoms with Gasteiger partial charge in [-0.05, 0) is 37.5 Å². The highest BCUT2D eigenvalue weighted by molar-refractivity contribution is 7.47. The molecular formula is C57H110O17P2. The Morgan fingerprint density at radius 3 is 0.895 bits per heavy atom. The first-order chi connectivity index (χ1) is 36.4. The van der Waals surface area contributed by atoms with Gasteiger partial charge in [0.15, 0.2) is 12.2 Å². The van der Waals surface area contributed by atoms with Gasteiger partial charge in [0.05, 0.1) is 26.4 Å². The number of hydrogen-bond donors (Lipinski definition) is 3. The van der Waals surface area contributed by atoms with Crippen LogP contribution in [-0.4, -0.2) is 96.7 Å². The summed E-state index contributed by atoms with van der Waals surface area (Å²) in [6.45, 7) is 9.24. The summed E-state index contributed by atoms with van der Waals surface area (Å²) in [6, 6.07) is 0. The third-order valence-electron chi connectivity index (χ3n) is 13.0. The smallest absolute Gasteiger partial charge is 0.462 e. The van der Waals surface area contributed by atoms with Gasteiger partial charge in [0, 0.05) is 25.7 Å². The van der Waals surface area contributed by atoms with Gasteiger partial charge in [-0.25, -0.2) is 9.13 Å². The fourth-order valence-electron chi connectivity index (χ4n) is 8.29. The van der Waals surface area contributed by atoms with Gasteiger partial charge in [0.25, 0.3) is 0 Å². The number of hydrogen-bond acceptors (Lipinski definition) is 15. The zero-order chi connectivity index (χ0) is 56.6. The molecule has 0 aromatic heterocycles. The van der Waals surface area contributed by atoms with Crippen molar-refractivity contribution in [2.24, 2.45) is 11.8 Å². The summed E-state index contributed by atoms with van der Waals surface area (Å²) in [4.78, 5) is 71.4. The minimum absolute atomic E-state index is 0.0984. The second kappa shape index (κ2) is 50.1. The molecule has 450 valence electrons. The Morgan fingerprint density at radius 1 is 0.355 bits per heavy atom. The first-order valence-corrected chi connectivity index (χ1v) is 33.0. The SMILES string of the molecule is CCCCCCCC(=O)OC[C@H](COP(=O)(O)OC[C@H](O)COP(=O)(O)OC[C@@H](COC(=O)CCCCCCCCCCCC(C)C)OC(=O)CCCCCCCCCCCCCC(C)C)OC(=O)CCCCCCC. The fourth-order valence-corrected chi connectivity index (χ4v) is 9.87. The van der Waals surface area contributed by atoms with Crippen molar-refractivity contribution in [3.8, 4) is 0 Å². The average Bonchev–Trinajstić information content (AvgIpc) is 3.37. The molecule has 0 bridgehead atoms. The van der Waals surface area contributed by atoms with Crippen LogP contribution in [0.1, 0.15) is 273 Å². The lowest BCUT2D eigenvalue weighted by atomic mass is 10.0. The molecule has 0 saturated heterocycles. The van der Waals surface area contributed by atoms with Gasteiger partial charge in [-0.3, -0.25) is 37.3 Å². The summed E-state index contributed by atoms with van der Waals surface area (Å²) in [5.74, 6) is -0.657. The monoisotopic (exact) mass is 1130 g/mol. The molecule has 0 spiro atoms. The van der Waals surface area contributed by atoms with E-state index in [2.05, 4.69) is 41.5 Å². The van der Waals surface area contributed by atoms with Crippen LogP contribution < -0.4 is 0 Å². The van der Waals surface area contributed by atoms with E-state index in [1.165, 1.54) is 83.5 Å². The average molecular weight is 1130 g/mol. The number of unbranched alkanes of at least 4 members (excludes halogenated alkanes) is 26. The van der Waals surface area contributed by atoms with Crippen molar-refractivity contribution < 1.29 is 80.2 Å². The fraction of sp³-hybridized carbons (Fsp3) is 0.930. The quantitative estimate of drug-likeness (QED) is 0.0222. The van der Waals surface area contributed by atoms with Gasteiger partial charge in [0.1, 0.15) is 19.3 Å². The second-order valence-corrected chi connectivity index (χ2v) is 24.5. The maximum atomic E-state index is 12.9. The molecule has 3 N–H and O–H groups in total. The van der Waals surface area contributed by atoms with Crippen LogP contribution in [0.15, 0.2) is 0 Å². The van der Waals surface area contributed by atoms with Gasteiger partial charge in [-0.1, -0.05) is 221 Å². The zero-order valence-electron chi connectivity index (χ0n) is 48.5. The number of ether oxygens (including phenoxy) is 4. The van der Waals surface area contributed by atoms with Gasteiger partial charge < -0.3 is 33.8 Å². The van der Waals surface area contributed by atoms with Gasteiger partial charge in [-0.15, -0.1) is 0 Å². The van der Waals surface area contributed by atoms with Gasteiger partial charge >= 0.3 is 39.5 Å². The van der Waals surface area contributed by atoms with E-state index in [-0.39, 0.29) is 25.7 Å². The van der Waals surface area contributed by atoms with Crippen molar-refractivity contribution in [1.29, 1.82) is 0 Å². The Kier molecular flexibility index (Phi) is 48.8. The summed E-state index contributed by atoms with van der Waals surface area (Å²) in [7, 11) is -9.85. The largest absolute Gasteiger partial charge is 0.472 e. The Balaban J connectivity index is 5.14. The minimum Gasteiger partial charge on any atom is -0.462 e. The first kappa shape index (κ1) is 74.1. The van der Waals surface area contributed by atoms with Crippen molar-refractivity contribution in [3.05, 3.63) is 0 Å². The van der Waals surface area contributed by atoms with Crippen LogP contribution in [0.3, 0.4) is 0 Å². The predicted octanol–water partition coefficient (Wildman–Crippen LogP) is 14.9. The molecule has 0 rings (SSSR count). The molecule has 2 unspecified atom stereocenters. The lowest BCUT2D eigenvalue weighted by Gasteiger charge is -2.21. The van der Waals surface area contributed by atoms with Crippen LogP contribution in [0, 0.1) is 11.8 Å². The van der Waals surface area contributed by atoms with Crippen molar-refractivity contribution in [2.75, 3.05) is 39.6 Å². The van der Waals surface area contributed by atoms with Crippen molar-refractivity contribution in [2.45, 2.75) is 291 Å². The highest BCUT2D eigenvalue weighted by Crippen LogP contribution is 2.45. The maximum absolute atomic E-state index is 12.9. The van der Waals surface area contributed by atoms with Crippen molar-refractivity contribution in [3.63, 3.8) is 0 Å². The summed E-state index contributed by atoms with van der Waals surface area (Å²) in [5, 5.41) is 10.4.